The Balaban J connectivity index is 1.62. The first-order chi connectivity index (χ1) is 11.6. The van der Waals surface area contributed by atoms with E-state index >= 15 is 0 Å². The van der Waals surface area contributed by atoms with Crippen LogP contribution in [0.4, 0.5) is 11.4 Å². The molecule has 4 nitrogen and oxygen atoms in total. The topological polar surface area (TPSA) is 54.0 Å². The minimum Gasteiger partial charge on any atom is -0.381 e. The van der Waals surface area contributed by atoms with Crippen molar-refractivity contribution in [2.24, 2.45) is 0 Å². The van der Waals surface area contributed by atoms with Crippen molar-refractivity contribution in [2.45, 2.75) is 45.1 Å². The smallest absolute Gasteiger partial charge is 0.274 e. The van der Waals surface area contributed by atoms with Crippen molar-refractivity contribution < 1.29 is 4.79 Å². The maximum Gasteiger partial charge on any atom is 0.274 e. The molecule has 0 radical (unpaired) electrons. The maximum atomic E-state index is 12.3. The Morgan fingerprint density at radius 2 is 1.96 bits per heavy atom. The fourth-order valence-electron chi connectivity index (χ4n) is 3.05. The van der Waals surface area contributed by atoms with Gasteiger partial charge in [0.15, 0.2) is 0 Å². The van der Waals surface area contributed by atoms with Crippen LogP contribution < -0.4 is 10.6 Å². The van der Waals surface area contributed by atoms with Gasteiger partial charge in [0.1, 0.15) is 5.69 Å². The molecule has 0 saturated heterocycles. The highest BCUT2D eigenvalue weighted by atomic mass is 79.9. The highest BCUT2D eigenvalue weighted by Crippen LogP contribution is 2.22. The van der Waals surface area contributed by atoms with Crippen molar-refractivity contribution in [1.29, 1.82) is 0 Å². The van der Waals surface area contributed by atoms with Crippen molar-refractivity contribution in [3.05, 3.63) is 52.3 Å². The van der Waals surface area contributed by atoms with E-state index < -0.39 is 0 Å². The zero-order valence-electron chi connectivity index (χ0n) is 13.8. The van der Waals surface area contributed by atoms with Crippen LogP contribution in [0.1, 0.15) is 48.2 Å². The summed E-state index contributed by atoms with van der Waals surface area (Å²) in [6.45, 7) is 1.96. The summed E-state index contributed by atoms with van der Waals surface area (Å²) in [5.41, 5.74) is 3.22. The first-order valence-electron chi connectivity index (χ1n) is 8.42. The number of amides is 1. The van der Waals surface area contributed by atoms with Crippen molar-refractivity contribution in [3.63, 3.8) is 0 Å². The van der Waals surface area contributed by atoms with Gasteiger partial charge in [0, 0.05) is 16.2 Å². The van der Waals surface area contributed by atoms with Crippen LogP contribution in [0.25, 0.3) is 0 Å². The lowest BCUT2D eigenvalue weighted by atomic mass is 9.95. The zero-order chi connectivity index (χ0) is 16.9. The Morgan fingerprint density at radius 1 is 1.17 bits per heavy atom. The monoisotopic (exact) mass is 387 g/mol. The molecular formula is C19H22BrN3O. The second kappa shape index (κ2) is 7.79. The molecular weight excluding hydrogens is 366 g/mol. The molecule has 0 unspecified atom stereocenters. The van der Waals surface area contributed by atoms with Crippen LogP contribution in [-0.4, -0.2) is 16.9 Å². The van der Waals surface area contributed by atoms with E-state index in [0.717, 1.165) is 21.4 Å². The van der Waals surface area contributed by atoms with E-state index in [9.17, 15) is 4.79 Å². The van der Waals surface area contributed by atoms with Crippen molar-refractivity contribution in [3.8, 4) is 0 Å². The van der Waals surface area contributed by atoms with Crippen LogP contribution in [0.5, 0.6) is 0 Å². The summed E-state index contributed by atoms with van der Waals surface area (Å²) >= 11 is 3.42. The summed E-state index contributed by atoms with van der Waals surface area (Å²) in [5, 5.41) is 6.42. The quantitative estimate of drug-likeness (QED) is 0.762. The molecule has 5 heteroatoms. The number of benzene rings is 1. The third kappa shape index (κ3) is 4.35. The van der Waals surface area contributed by atoms with Crippen molar-refractivity contribution in [2.75, 3.05) is 10.6 Å². The Kier molecular flexibility index (Phi) is 5.51. The molecule has 0 bridgehead atoms. The summed E-state index contributed by atoms with van der Waals surface area (Å²) in [6.07, 6.45) is 8.09. The SMILES string of the molecule is Cc1cc(Br)ccc1NC(=O)c1ccc(NC2CCCCC2)cn1. The van der Waals surface area contributed by atoms with Crippen LogP contribution in [0.3, 0.4) is 0 Å². The number of carbonyl (C=O) groups is 1. The molecule has 0 atom stereocenters. The molecule has 2 aromatic rings. The lowest BCUT2D eigenvalue weighted by Crippen LogP contribution is -2.22. The van der Waals surface area contributed by atoms with Gasteiger partial charge in [-0.25, -0.2) is 4.98 Å². The number of hydrogen-bond acceptors (Lipinski definition) is 3. The van der Waals surface area contributed by atoms with Crippen LogP contribution in [0.15, 0.2) is 41.0 Å². The molecule has 1 heterocycles. The second-order valence-corrected chi connectivity index (χ2v) is 7.24. The second-order valence-electron chi connectivity index (χ2n) is 6.32. The number of anilines is 2. The highest BCUT2D eigenvalue weighted by Gasteiger charge is 2.14. The average molecular weight is 388 g/mol. The average Bonchev–Trinajstić information content (AvgIpc) is 2.59. The Morgan fingerprint density at radius 3 is 2.62 bits per heavy atom. The Labute approximate surface area is 151 Å². The van der Waals surface area contributed by atoms with E-state index in [1.165, 1.54) is 32.1 Å². The predicted molar refractivity (Wildman–Crippen MR) is 102 cm³/mol. The highest BCUT2D eigenvalue weighted by molar-refractivity contribution is 9.10. The van der Waals surface area contributed by atoms with Gasteiger partial charge in [-0.2, -0.15) is 0 Å². The normalized spacial score (nSPS) is 15.1. The first kappa shape index (κ1) is 17.0. The number of aryl methyl sites for hydroxylation is 1. The zero-order valence-corrected chi connectivity index (χ0v) is 15.4. The standard InChI is InChI=1S/C19H22BrN3O/c1-13-11-14(20)7-9-17(13)23-19(24)18-10-8-16(12-21-18)22-15-5-3-2-4-6-15/h7-12,15,22H,2-6H2,1H3,(H,23,24). The van der Waals surface area contributed by atoms with E-state index in [2.05, 4.69) is 31.5 Å². The predicted octanol–water partition coefficient (Wildman–Crippen LogP) is 5.15. The van der Waals surface area contributed by atoms with Gasteiger partial charge < -0.3 is 10.6 Å². The van der Waals surface area contributed by atoms with E-state index in [0.29, 0.717) is 11.7 Å². The van der Waals surface area contributed by atoms with E-state index in [-0.39, 0.29) is 5.91 Å². The van der Waals surface area contributed by atoms with Gasteiger partial charge in [0.05, 0.1) is 11.9 Å². The number of rotatable bonds is 4. The molecule has 1 aliphatic rings. The Bertz CT molecular complexity index is 709. The van der Waals surface area contributed by atoms with Gasteiger partial charge in [-0.1, -0.05) is 35.2 Å². The van der Waals surface area contributed by atoms with Crippen molar-refractivity contribution in [1.82, 2.24) is 4.98 Å². The summed E-state index contributed by atoms with van der Waals surface area (Å²) in [6, 6.07) is 10.0. The number of aromatic nitrogens is 1. The summed E-state index contributed by atoms with van der Waals surface area (Å²) in [5.74, 6) is -0.190. The largest absolute Gasteiger partial charge is 0.381 e. The number of carbonyl (C=O) groups excluding carboxylic acids is 1. The van der Waals surface area contributed by atoms with E-state index in [1.54, 1.807) is 12.3 Å². The molecule has 1 saturated carbocycles. The van der Waals surface area contributed by atoms with Gasteiger partial charge in [-0.15, -0.1) is 0 Å². The number of nitrogens with zero attached hydrogens (tertiary/aromatic N) is 1. The first-order valence-corrected chi connectivity index (χ1v) is 9.21. The van der Waals surface area contributed by atoms with E-state index in [1.807, 2.05) is 31.2 Å². The molecule has 1 aromatic heterocycles. The molecule has 24 heavy (non-hydrogen) atoms. The fraction of sp³-hybridized carbons (Fsp3) is 0.368. The summed E-state index contributed by atoms with van der Waals surface area (Å²) in [4.78, 5) is 16.7. The van der Waals surface area contributed by atoms with Gasteiger partial charge >= 0.3 is 0 Å². The molecule has 0 spiro atoms. The van der Waals surface area contributed by atoms with E-state index in [4.69, 9.17) is 0 Å². The third-order valence-electron chi connectivity index (χ3n) is 4.41. The van der Waals surface area contributed by atoms with Gasteiger partial charge in [0.2, 0.25) is 0 Å². The molecule has 1 amide bonds. The lowest BCUT2D eigenvalue weighted by molar-refractivity contribution is 0.102. The maximum absolute atomic E-state index is 12.3. The summed E-state index contributed by atoms with van der Waals surface area (Å²) in [7, 11) is 0. The summed E-state index contributed by atoms with van der Waals surface area (Å²) < 4.78 is 0.995. The van der Waals surface area contributed by atoms with Gasteiger partial charge in [0.25, 0.3) is 5.91 Å². The van der Waals surface area contributed by atoms with Gasteiger partial charge in [-0.3, -0.25) is 4.79 Å². The minimum atomic E-state index is -0.190. The number of pyridine rings is 1. The van der Waals surface area contributed by atoms with Crippen LogP contribution in [0.2, 0.25) is 0 Å². The van der Waals surface area contributed by atoms with Crippen LogP contribution in [-0.2, 0) is 0 Å². The molecule has 0 aliphatic heterocycles. The molecule has 126 valence electrons. The number of hydrogen-bond donors (Lipinski definition) is 2. The Hall–Kier alpha value is -1.88. The fourth-order valence-corrected chi connectivity index (χ4v) is 3.53. The van der Waals surface area contributed by atoms with Gasteiger partial charge in [-0.05, 0) is 55.7 Å². The lowest BCUT2D eigenvalue weighted by Gasteiger charge is -2.23. The molecule has 2 N–H and O–H groups in total. The van der Waals surface area contributed by atoms with Crippen molar-refractivity contribution >= 4 is 33.2 Å². The van der Waals surface area contributed by atoms with Crippen LogP contribution >= 0.6 is 15.9 Å². The third-order valence-corrected chi connectivity index (χ3v) is 4.90. The molecule has 1 aliphatic carbocycles. The molecule has 1 fully saturated rings. The minimum absolute atomic E-state index is 0.190. The van der Waals surface area contributed by atoms with Crippen LogP contribution in [0, 0.1) is 6.92 Å². The molecule has 3 rings (SSSR count). The molecule has 1 aromatic carbocycles. The number of halogens is 1. The number of nitrogens with one attached hydrogen (secondary N) is 2.